The number of imidazole rings is 1. The molecule has 5 rings (SSSR count). The second kappa shape index (κ2) is 5.73. The van der Waals surface area contributed by atoms with E-state index in [0.717, 1.165) is 52.8 Å². The number of para-hydroxylation sites is 3. The number of nitrogens with one attached hydrogen (secondary N) is 1. The molecule has 0 radical (unpaired) electrons. The Bertz CT molecular complexity index is 1120. The van der Waals surface area contributed by atoms with Gasteiger partial charge in [0.05, 0.1) is 22.6 Å². The van der Waals surface area contributed by atoms with Gasteiger partial charge >= 0.3 is 0 Å². The summed E-state index contributed by atoms with van der Waals surface area (Å²) in [4.78, 5) is 22.9. The molecule has 1 atom stereocenters. The largest absolute Gasteiger partial charge is 0.360 e. The molecule has 0 spiro atoms. The fourth-order valence-corrected chi connectivity index (χ4v) is 4.18. The third-order valence-corrected chi connectivity index (χ3v) is 5.41. The first-order valence-electron chi connectivity index (χ1n) is 9.01. The monoisotopic (exact) mass is 344 g/mol. The quantitative estimate of drug-likeness (QED) is 0.599. The van der Waals surface area contributed by atoms with Crippen LogP contribution in [0.4, 0.5) is 0 Å². The minimum absolute atomic E-state index is 0.104. The first-order chi connectivity index (χ1) is 12.7. The molecule has 2 aromatic heterocycles. The van der Waals surface area contributed by atoms with Crippen molar-refractivity contribution in [2.75, 3.05) is 13.1 Å². The van der Waals surface area contributed by atoms with Gasteiger partial charge < -0.3 is 14.5 Å². The standard InChI is InChI=1S/C21H20N4O/c1-14-23-19-8-4-5-9-20(19)25(14)15-10-11-24(13-15)21(26)17-12-22-18-7-3-2-6-16(17)18/h2-9,12,15,22H,10-11,13H2,1H3/t15-/m0/s1. The van der Waals surface area contributed by atoms with Gasteiger partial charge in [-0.25, -0.2) is 4.98 Å². The summed E-state index contributed by atoms with van der Waals surface area (Å²) in [6, 6.07) is 16.4. The van der Waals surface area contributed by atoms with Crippen LogP contribution in [0.3, 0.4) is 0 Å². The number of aromatic amines is 1. The molecular weight excluding hydrogens is 324 g/mol. The molecule has 2 aromatic carbocycles. The van der Waals surface area contributed by atoms with Gasteiger partial charge in [-0.15, -0.1) is 0 Å². The van der Waals surface area contributed by atoms with Crippen molar-refractivity contribution in [1.29, 1.82) is 0 Å². The van der Waals surface area contributed by atoms with Crippen LogP contribution in [0.1, 0.15) is 28.6 Å². The Hall–Kier alpha value is -3.08. The van der Waals surface area contributed by atoms with Crippen LogP contribution < -0.4 is 0 Å². The Balaban J connectivity index is 1.45. The minimum atomic E-state index is 0.104. The lowest BCUT2D eigenvalue weighted by Crippen LogP contribution is -2.29. The molecule has 0 saturated carbocycles. The van der Waals surface area contributed by atoms with E-state index in [9.17, 15) is 4.79 Å². The highest BCUT2D eigenvalue weighted by atomic mass is 16.2. The van der Waals surface area contributed by atoms with E-state index in [1.165, 1.54) is 0 Å². The van der Waals surface area contributed by atoms with Crippen LogP contribution in [-0.4, -0.2) is 38.4 Å². The van der Waals surface area contributed by atoms with Crippen molar-refractivity contribution in [2.45, 2.75) is 19.4 Å². The number of benzene rings is 2. The van der Waals surface area contributed by atoms with Gasteiger partial charge in [0.1, 0.15) is 5.82 Å². The molecule has 5 heteroatoms. The maximum atomic E-state index is 13.1. The van der Waals surface area contributed by atoms with Crippen LogP contribution in [0.25, 0.3) is 21.9 Å². The molecule has 1 amide bonds. The normalized spacial score (nSPS) is 17.4. The summed E-state index contributed by atoms with van der Waals surface area (Å²) in [7, 11) is 0. The van der Waals surface area contributed by atoms with E-state index >= 15 is 0 Å². The molecule has 1 aliphatic heterocycles. The summed E-state index contributed by atoms with van der Waals surface area (Å²) in [5, 5.41) is 0.991. The number of amides is 1. The highest BCUT2D eigenvalue weighted by molar-refractivity contribution is 6.06. The zero-order valence-electron chi connectivity index (χ0n) is 14.6. The molecule has 0 aliphatic carbocycles. The van der Waals surface area contributed by atoms with Gasteiger partial charge in [-0.2, -0.15) is 0 Å². The molecule has 1 fully saturated rings. The van der Waals surface area contributed by atoms with Crippen molar-refractivity contribution in [2.24, 2.45) is 0 Å². The molecule has 0 unspecified atom stereocenters. The number of likely N-dealkylation sites (tertiary alicyclic amines) is 1. The fourth-order valence-electron chi connectivity index (χ4n) is 4.18. The second-order valence-corrected chi connectivity index (χ2v) is 6.96. The number of rotatable bonds is 2. The maximum Gasteiger partial charge on any atom is 0.256 e. The molecule has 3 heterocycles. The lowest BCUT2D eigenvalue weighted by molar-refractivity contribution is 0.0789. The Morgan fingerprint density at radius 1 is 1.15 bits per heavy atom. The highest BCUT2D eigenvalue weighted by Crippen LogP contribution is 2.29. The van der Waals surface area contributed by atoms with Crippen molar-refractivity contribution in [3.63, 3.8) is 0 Å². The number of H-pyrrole nitrogens is 1. The van der Waals surface area contributed by atoms with E-state index in [2.05, 4.69) is 20.6 Å². The van der Waals surface area contributed by atoms with Crippen LogP contribution in [0.5, 0.6) is 0 Å². The van der Waals surface area contributed by atoms with Crippen LogP contribution in [0, 0.1) is 6.92 Å². The van der Waals surface area contributed by atoms with Gasteiger partial charge in [0, 0.05) is 30.2 Å². The number of hydrogen-bond acceptors (Lipinski definition) is 2. The lowest BCUT2D eigenvalue weighted by Gasteiger charge is -2.18. The average molecular weight is 344 g/mol. The molecule has 1 aliphatic rings. The number of carbonyl (C=O) groups excluding carboxylic acids is 1. The molecule has 26 heavy (non-hydrogen) atoms. The number of carbonyl (C=O) groups is 1. The summed E-state index contributed by atoms with van der Waals surface area (Å²) in [5.41, 5.74) is 3.93. The predicted molar refractivity (Wildman–Crippen MR) is 102 cm³/mol. The third-order valence-electron chi connectivity index (χ3n) is 5.41. The highest BCUT2D eigenvalue weighted by Gasteiger charge is 2.30. The van der Waals surface area contributed by atoms with Crippen LogP contribution >= 0.6 is 0 Å². The molecule has 1 N–H and O–H groups in total. The second-order valence-electron chi connectivity index (χ2n) is 6.96. The van der Waals surface area contributed by atoms with Gasteiger partial charge in [0.2, 0.25) is 0 Å². The lowest BCUT2D eigenvalue weighted by atomic mass is 10.1. The first-order valence-corrected chi connectivity index (χ1v) is 9.01. The number of aryl methyl sites for hydroxylation is 1. The Labute approximate surface area is 151 Å². The smallest absolute Gasteiger partial charge is 0.256 e. The fraction of sp³-hybridized carbons (Fsp3) is 0.238. The molecular formula is C21H20N4O. The minimum Gasteiger partial charge on any atom is -0.360 e. The molecule has 4 aromatic rings. The summed E-state index contributed by atoms with van der Waals surface area (Å²) in [6.45, 7) is 3.54. The van der Waals surface area contributed by atoms with E-state index < -0.39 is 0 Å². The van der Waals surface area contributed by atoms with Crippen LogP contribution in [0.15, 0.2) is 54.7 Å². The predicted octanol–water partition coefficient (Wildman–Crippen LogP) is 3.91. The number of aromatic nitrogens is 3. The van der Waals surface area contributed by atoms with E-state index in [4.69, 9.17) is 0 Å². The number of nitrogens with zero attached hydrogens (tertiary/aromatic N) is 3. The van der Waals surface area contributed by atoms with Gasteiger partial charge in [-0.1, -0.05) is 30.3 Å². The molecule has 0 bridgehead atoms. The van der Waals surface area contributed by atoms with Crippen molar-refractivity contribution in [3.8, 4) is 0 Å². The Morgan fingerprint density at radius 3 is 2.88 bits per heavy atom. The van der Waals surface area contributed by atoms with Gasteiger partial charge in [-0.3, -0.25) is 4.79 Å². The molecule has 1 saturated heterocycles. The van der Waals surface area contributed by atoms with Crippen molar-refractivity contribution < 1.29 is 4.79 Å². The first kappa shape index (κ1) is 15.2. The van der Waals surface area contributed by atoms with Crippen LogP contribution in [0.2, 0.25) is 0 Å². The maximum absolute atomic E-state index is 13.1. The van der Waals surface area contributed by atoms with E-state index in [0.29, 0.717) is 0 Å². The van der Waals surface area contributed by atoms with Gasteiger partial charge in [-0.05, 0) is 31.5 Å². The molecule has 130 valence electrons. The van der Waals surface area contributed by atoms with Crippen LogP contribution in [-0.2, 0) is 0 Å². The summed E-state index contributed by atoms with van der Waals surface area (Å²) >= 11 is 0. The van der Waals surface area contributed by atoms with E-state index in [1.54, 1.807) is 0 Å². The van der Waals surface area contributed by atoms with Crippen molar-refractivity contribution in [3.05, 3.63) is 66.1 Å². The summed E-state index contributed by atoms with van der Waals surface area (Å²) in [6.07, 6.45) is 2.79. The van der Waals surface area contributed by atoms with Crippen molar-refractivity contribution in [1.82, 2.24) is 19.4 Å². The summed E-state index contributed by atoms with van der Waals surface area (Å²) < 4.78 is 2.29. The van der Waals surface area contributed by atoms with E-state index in [1.807, 2.05) is 60.5 Å². The Morgan fingerprint density at radius 2 is 1.96 bits per heavy atom. The molecule has 5 nitrogen and oxygen atoms in total. The summed E-state index contributed by atoms with van der Waals surface area (Å²) in [5.74, 6) is 1.12. The number of hydrogen-bond donors (Lipinski definition) is 1. The zero-order chi connectivity index (χ0) is 17.7. The van der Waals surface area contributed by atoms with Gasteiger partial charge in [0.15, 0.2) is 0 Å². The number of fused-ring (bicyclic) bond motifs is 2. The Kier molecular flexibility index (Phi) is 3.35. The van der Waals surface area contributed by atoms with Gasteiger partial charge in [0.25, 0.3) is 5.91 Å². The third kappa shape index (κ3) is 2.24. The van der Waals surface area contributed by atoms with E-state index in [-0.39, 0.29) is 11.9 Å². The van der Waals surface area contributed by atoms with Crippen molar-refractivity contribution >= 4 is 27.8 Å². The average Bonchev–Trinajstić information content (AvgIpc) is 3.36. The zero-order valence-corrected chi connectivity index (χ0v) is 14.6. The topological polar surface area (TPSA) is 53.9 Å². The SMILES string of the molecule is Cc1nc2ccccc2n1[C@H]1CCN(C(=O)c2c[nH]c3ccccc23)C1.